The molecule has 2 N–H and O–H groups in total. The molecule has 1 unspecified atom stereocenters. The Morgan fingerprint density at radius 2 is 2.05 bits per heavy atom. The quantitative estimate of drug-likeness (QED) is 0.861. The number of nitrogens with zero attached hydrogens (tertiary/aromatic N) is 1. The molecule has 21 heavy (non-hydrogen) atoms. The molecule has 0 spiro atoms. The lowest BCUT2D eigenvalue weighted by Gasteiger charge is -2.36. The van der Waals surface area contributed by atoms with Crippen LogP contribution in [-0.2, 0) is 16.1 Å². The second-order valence-corrected chi connectivity index (χ2v) is 5.81. The van der Waals surface area contributed by atoms with E-state index in [0.29, 0.717) is 6.54 Å². The first-order valence-electron chi connectivity index (χ1n) is 7.49. The molecule has 2 aliphatic heterocycles. The van der Waals surface area contributed by atoms with E-state index in [1.807, 2.05) is 24.3 Å². The van der Waals surface area contributed by atoms with Gasteiger partial charge in [0.15, 0.2) is 0 Å². The van der Waals surface area contributed by atoms with E-state index in [4.69, 9.17) is 0 Å². The third kappa shape index (κ3) is 2.78. The number of carboxylic acids is 1. The molecule has 2 aliphatic rings. The van der Waals surface area contributed by atoms with Crippen LogP contribution in [0.25, 0.3) is 0 Å². The molecule has 0 aromatic heterocycles. The minimum Gasteiger partial charge on any atom is -0.481 e. The zero-order chi connectivity index (χ0) is 14.8. The molecule has 112 valence electrons. The van der Waals surface area contributed by atoms with E-state index in [0.717, 1.165) is 36.9 Å². The third-order valence-corrected chi connectivity index (χ3v) is 4.41. The Morgan fingerprint density at radius 3 is 2.76 bits per heavy atom. The molecule has 5 nitrogen and oxygen atoms in total. The molecule has 0 radical (unpaired) electrons. The summed E-state index contributed by atoms with van der Waals surface area (Å²) in [6.45, 7) is 1.64. The second-order valence-electron chi connectivity index (χ2n) is 5.81. The maximum Gasteiger partial charge on any atom is 0.312 e. The van der Waals surface area contributed by atoms with Gasteiger partial charge in [-0.25, -0.2) is 0 Å². The highest BCUT2D eigenvalue weighted by Crippen LogP contribution is 2.29. The maximum atomic E-state index is 12.6. The van der Waals surface area contributed by atoms with Gasteiger partial charge in [0, 0.05) is 13.1 Å². The van der Waals surface area contributed by atoms with Crippen molar-refractivity contribution in [3.8, 4) is 0 Å². The molecule has 1 saturated heterocycles. The zero-order valence-corrected chi connectivity index (χ0v) is 11.9. The Hall–Kier alpha value is -1.88. The maximum absolute atomic E-state index is 12.6. The number of rotatable bonds is 2. The molecule has 0 aliphatic carbocycles. The number of fused-ring (bicyclic) bond motifs is 1. The number of carbonyl (C=O) groups is 2. The van der Waals surface area contributed by atoms with Crippen molar-refractivity contribution in [2.75, 3.05) is 13.1 Å². The topological polar surface area (TPSA) is 69.6 Å². The summed E-state index contributed by atoms with van der Waals surface area (Å²) in [6.07, 6.45) is 3.00. The van der Waals surface area contributed by atoms with Crippen LogP contribution in [0.1, 0.15) is 36.3 Å². The molecule has 1 amide bonds. The highest BCUT2D eigenvalue weighted by Gasteiger charge is 2.35. The van der Waals surface area contributed by atoms with Crippen LogP contribution >= 0.6 is 0 Å². The molecule has 0 saturated carbocycles. The highest BCUT2D eigenvalue weighted by atomic mass is 16.4. The van der Waals surface area contributed by atoms with Gasteiger partial charge in [-0.2, -0.15) is 0 Å². The molecule has 0 bridgehead atoms. The van der Waals surface area contributed by atoms with Crippen molar-refractivity contribution in [3.05, 3.63) is 35.4 Å². The standard InChI is InChI=1S/C16H20N2O3/c19-15(14-7-3-4-8-17-14)18-9-11-5-1-2-6-12(11)13(10-18)16(20)21/h1-2,5-6,13-14,17H,3-4,7-10H2,(H,20,21)/t13?,14-/m0/s1. The van der Waals surface area contributed by atoms with Gasteiger partial charge >= 0.3 is 5.97 Å². The van der Waals surface area contributed by atoms with Crippen molar-refractivity contribution in [1.29, 1.82) is 0 Å². The summed E-state index contributed by atoms with van der Waals surface area (Å²) in [5, 5.41) is 12.7. The van der Waals surface area contributed by atoms with Gasteiger partial charge in [0.05, 0.1) is 12.0 Å². The second kappa shape index (κ2) is 5.85. The van der Waals surface area contributed by atoms with E-state index in [2.05, 4.69) is 5.32 Å². The molecule has 2 atom stereocenters. The molecule has 1 aromatic carbocycles. The van der Waals surface area contributed by atoms with E-state index < -0.39 is 11.9 Å². The predicted molar refractivity (Wildman–Crippen MR) is 77.9 cm³/mol. The van der Waals surface area contributed by atoms with Crippen molar-refractivity contribution in [3.63, 3.8) is 0 Å². The van der Waals surface area contributed by atoms with Gasteiger partial charge in [-0.05, 0) is 30.5 Å². The first kappa shape index (κ1) is 14.1. The van der Waals surface area contributed by atoms with E-state index in [1.165, 1.54) is 0 Å². The van der Waals surface area contributed by atoms with Crippen LogP contribution in [0.15, 0.2) is 24.3 Å². The SMILES string of the molecule is O=C(O)C1CN(C(=O)[C@@H]2CCCCN2)Cc2ccccc21. The van der Waals surface area contributed by atoms with Crippen molar-refractivity contribution in [2.45, 2.75) is 37.8 Å². The smallest absolute Gasteiger partial charge is 0.312 e. The minimum atomic E-state index is -0.864. The lowest BCUT2D eigenvalue weighted by molar-refractivity contribution is -0.142. The summed E-state index contributed by atoms with van der Waals surface area (Å²) in [4.78, 5) is 25.8. The van der Waals surface area contributed by atoms with Gasteiger partial charge in [0.25, 0.3) is 0 Å². The summed E-state index contributed by atoms with van der Waals surface area (Å²) in [7, 11) is 0. The Labute approximate surface area is 123 Å². The fourth-order valence-electron chi connectivity index (χ4n) is 3.27. The summed E-state index contributed by atoms with van der Waals surface area (Å²) in [6, 6.07) is 7.37. The number of piperidine rings is 1. The largest absolute Gasteiger partial charge is 0.481 e. The van der Waals surface area contributed by atoms with Gasteiger partial charge in [-0.3, -0.25) is 9.59 Å². The molecule has 2 heterocycles. The fraction of sp³-hybridized carbons (Fsp3) is 0.500. The molecular weight excluding hydrogens is 268 g/mol. The van der Waals surface area contributed by atoms with E-state index in [9.17, 15) is 14.7 Å². The number of hydrogen-bond acceptors (Lipinski definition) is 3. The van der Waals surface area contributed by atoms with Gasteiger partial charge in [-0.15, -0.1) is 0 Å². The number of aliphatic carboxylic acids is 1. The Bertz CT molecular complexity index is 552. The number of amides is 1. The van der Waals surface area contributed by atoms with Crippen molar-refractivity contribution >= 4 is 11.9 Å². The van der Waals surface area contributed by atoms with Gasteiger partial charge in [0.1, 0.15) is 0 Å². The number of carbonyl (C=O) groups excluding carboxylic acids is 1. The average Bonchev–Trinajstić information content (AvgIpc) is 2.53. The molecule has 1 aromatic rings. The van der Waals surface area contributed by atoms with Gasteiger partial charge < -0.3 is 15.3 Å². The summed E-state index contributed by atoms with van der Waals surface area (Å²) < 4.78 is 0. The first-order chi connectivity index (χ1) is 10.2. The number of carboxylic acid groups (broad SMARTS) is 1. The minimum absolute atomic E-state index is 0.0375. The predicted octanol–water partition coefficient (Wildman–Crippen LogP) is 1.34. The summed E-state index contributed by atoms with van der Waals surface area (Å²) in [5.74, 6) is -1.45. The van der Waals surface area contributed by atoms with E-state index in [-0.39, 0.29) is 18.5 Å². The van der Waals surface area contributed by atoms with Gasteiger partial charge in [-0.1, -0.05) is 30.7 Å². The van der Waals surface area contributed by atoms with Crippen molar-refractivity contribution < 1.29 is 14.7 Å². The number of benzene rings is 1. The Balaban J connectivity index is 1.82. The molecule has 5 heteroatoms. The van der Waals surface area contributed by atoms with Crippen molar-refractivity contribution in [1.82, 2.24) is 10.2 Å². The monoisotopic (exact) mass is 288 g/mol. The molecule has 1 fully saturated rings. The number of nitrogens with one attached hydrogen (secondary N) is 1. The zero-order valence-electron chi connectivity index (χ0n) is 11.9. The van der Waals surface area contributed by atoms with Crippen LogP contribution in [0.3, 0.4) is 0 Å². The Morgan fingerprint density at radius 1 is 1.24 bits per heavy atom. The first-order valence-corrected chi connectivity index (χ1v) is 7.49. The fourth-order valence-corrected chi connectivity index (χ4v) is 3.27. The summed E-state index contributed by atoms with van der Waals surface area (Å²) >= 11 is 0. The average molecular weight is 288 g/mol. The normalized spacial score (nSPS) is 25.2. The molecular formula is C16H20N2O3. The number of hydrogen-bond donors (Lipinski definition) is 2. The van der Waals surface area contributed by atoms with Crippen LogP contribution in [0.4, 0.5) is 0 Å². The third-order valence-electron chi connectivity index (χ3n) is 4.41. The van der Waals surface area contributed by atoms with E-state index >= 15 is 0 Å². The summed E-state index contributed by atoms with van der Waals surface area (Å²) in [5.41, 5.74) is 1.78. The van der Waals surface area contributed by atoms with Crippen molar-refractivity contribution in [2.24, 2.45) is 0 Å². The highest BCUT2D eigenvalue weighted by molar-refractivity contribution is 5.84. The van der Waals surface area contributed by atoms with E-state index in [1.54, 1.807) is 4.90 Å². The van der Waals surface area contributed by atoms with Crippen LogP contribution < -0.4 is 5.32 Å². The van der Waals surface area contributed by atoms with Crippen LogP contribution in [0.5, 0.6) is 0 Å². The van der Waals surface area contributed by atoms with Crippen LogP contribution in [0, 0.1) is 0 Å². The van der Waals surface area contributed by atoms with Gasteiger partial charge in [0.2, 0.25) is 5.91 Å². The van der Waals surface area contributed by atoms with Crippen LogP contribution in [0.2, 0.25) is 0 Å². The lowest BCUT2D eigenvalue weighted by atomic mass is 9.89. The van der Waals surface area contributed by atoms with Crippen LogP contribution in [-0.4, -0.2) is 41.0 Å². The lowest BCUT2D eigenvalue weighted by Crippen LogP contribution is -2.51. The Kier molecular flexibility index (Phi) is 3.92. The molecule has 3 rings (SSSR count).